The van der Waals surface area contributed by atoms with Gasteiger partial charge in [-0.3, -0.25) is 4.98 Å². The Morgan fingerprint density at radius 2 is 2.04 bits per heavy atom. The minimum absolute atomic E-state index is 0.0693. The molecule has 0 saturated heterocycles. The molecule has 2 heterocycles. The average Bonchev–Trinajstić information content (AvgIpc) is 3.07. The monoisotopic (exact) mass is 317 g/mol. The third-order valence-electron chi connectivity index (χ3n) is 3.65. The Hall–Kier alpha value is -2.34. The Morgan fingerprint density at radius 1 is 1.30 bits per heavy atom. The van der Waals surface area contributed by atoms with Gasteiger partial charge in [0.25, 0.3) is 0 Å². The van der Waals surface area contributed by atoms with E-state index in [1.807, 2.05) is 26.0 Å². The van der Waals surface area contributed by atoms with Crippen molar-refractivity contribution in [3.8, 4) is 0 Å². The van der Waals surface area contributed by atoms with Crippen molar-refractivity contribution >= 4 is 6.03 Å². The fourth-order valence-electron chi connectivity index (χ4n) is 2.43. The van der Waals surface area contributed by atoms with Crippen LogP contribution >= 0.6 is 0 Å². The number of carbonyl (C=O) groups excluding carboxylic acids is 1. The number of furan rings is 1. The van der Waals surface area contributed by atoms with Gasteiger partial charge in [0.1, 0.15) is 11.9 Å². The first-order chi connectivity index (χ1) is 11.1. The number of aliphatic hydroxyl groups excluding tert-OH is 1. The van der Waals surface area contributed by atoms with Crippen LogP contribution in [0.15, 0.2) is 47.3 Å². The van der Waals surface area contributed by atoms with Crippen molar-refractivity contribution in [3.63, 3.8) is 0 Å². The minimum atomic E-state index is -0.734. The van der Waals surface area contributed by atoms with E-state index in [1.54, 1.807) is 24.5 Å². The SMILES string of the molecule is CCC(NC(=O)NC(C)CC(O)c1ccco1)c1ccncc1. The highest BCUT2D eigenvalue weighted by Gasteiger charge is 2.18. The lowest BCUT2D eigenvalue weighted by Gasteiger charge is -2.21. The zero-order chi connectivity index (χ0) is 16.7. The Bertz CT molecular complexity index is 586. The fraction of sp³-hybridized carbons (Fsp3) is 0.412. The predicted octanol–water partition coefficient (Wildman–Crippen LogP) is 2.94. The minimum Gasteiger partial charge on any atom is -0.467 e. The highest BCUT2D eigenvalue weighted by Crippen LogP contribution is 2.19. The number of nitrogens with zero attached hydrogens (tertiary/aromatic N) is 1. The summed E-state index contributed by atoms with van der Waals surface area (Å²) in [5, 5.41) is 15.8. The molecular formula is C17H23N3O3. The molecule has 2 aromatic rings. The lowest BCUT2D eigenvalue weighted by molar-refractivity contribution is 0.129. The van der Waals surface area contributed by atoms with Crippen LogP contribution in [0.2, 0.25) is 0 Å². The number of rotatable bonds is 7. The van der Waals surface area contributed by atoms with Gasteiger partial charge in [-0.2, -0.15) is 0 Å². The van der Waals surface area contributed by atoms with Gasteiger partial charge in [0.05, 0.1) is 12.3 Å². The van der Waals surface area contributed by atoms with Gasteiger partial charge in [-0.15, -0.1) is 0 Å². The molecule has 0 radical (unpaired) electrons. The molecule has 3 atom stereocenters. The summed E-state index contributed by atoms with van der Waals surface area (Å²) < 4.78 is 5.16. The van der Waals surface area contributed by atoms with E-state index in [9.17, 15) is 9.90 Å². The number of aromatic nitrogens is 1. The van der Waals surface area contributed by atoms with E-state index in [0.29, 0.717) is 12.2 Å². The Labute approximate surface area is 135 Å². The highest BCUT2D eigenvalue weighted by molar-refractivity contribution is 5.74. The standard InChI is InChI=1S/C17H23N3O3/c1-3-14(13-6-8-18-9-7-13)20-17(22)19-12(2)11-15(21)16-5-4-10-23-16/h4-10,12,14-15,21H,3,11H2,1-2H3,(H2,19,20,22). The van der Waals surface area contributed by atoms with E-state index in [2.05, 4.69) is 15.6 Å². The van der Waals surface area contributed by atoms with Crippen LogP contribution in [0.3, 0.4) is 0 Å². The molecule has 3 unspecified atom stereocenters. The van der Waals surface area contributed by atoms with Crippen LogP contribution in [-0.2, 0) is 0 Å². The first-order valence-electron chi connectivity index (χ1n) is 7.78. The summed E-state index contributed by atoms with van der Waals surface area (Å²) in [6.45, 7) is 3.86. The van der Waals surface area contributed by atoms with Crippen LogP contribution in [0, 0.1) is 0 Å². The van der Waals surface area contributed by atoms with Gasteiger partial charge in [0, 0.05) is 24.9 Å². The van der Waals surface area contributed by atoms with E-state index in [1.165, 1.54) is 6.26 Å². The zero-order valence-corrected chi connectivity index (χ0v) is 13.4. The molecule has 6 heteroatoms. The Morgan fingerprint density at radius 3 is 2.65 bits per heavy atom. The number of carbonyl (C=O) groups is 1. The normalized spacial score (nSPS) is 14.7. The summed E-state index contributed by atoms with van der Waals surface area (Å²) in [5.74, 6) is 0.502. The Kier molecular flexibility index (Phi) is 6.17. The number of hydrogen-bond donors (Lipinski definition) is 3. The average molecular weight is 317 g/mol. The summed E-state index contributed by atoms with van der Waals surface area (Å²) >= 11 is 0. The highest BCUT2D eigenvalue weighted by atomic mass is 16.4. The summed E-state index contributed by atoms with van der Waals surface area (Å²) in [4.78, 5) is 16.1. The van der Waals surface area contributed by atoms with Crippen LogP contribution in [0.5, 0.6) is 0 Å². The van der Waals surface area contributed by atoms with Crippen LogP contribution < -0.4 is 10.6 Å². The molecule has 23 heavy (non-hydrogen) atoms. The third kappa shape index (κ3) is 5.10. The number of urea groups is 1. The largest absolute Gasteiger partial charge is 0.467 e. The molecular weight excluding hydrogens is 294 g/mol. The van der Waals surface area contributed by atoms with E-state index in [0.717, 1.165) is 12.0 Å². The van der Waals surface area contributed by atoms with E-state index in [4.69, 9.17) is 4.42 Å². The van der Waals surface area contributed by atoms with Crippen molar-refractivity contribution in [1.82, 2.24) is 15.6 Å². The van der Waals surface area contributed by atoms with Gasteiger partial charge in [0.2, 0.25) is 0 Å². The molecule has 0 aliphatic heterocycles. The molecule has 0 spiro atoms. The third-order valence-corrected chi connectivity index (χ3v) is 3.65. The lowest BCUT2D eigenvalue weighted by atomic mass is 10.1. The number of pyridine rings is 1. The zero-order valence-electron chi connectivity index (χ0n) is 13.4. The summed E-state index contributed by atoms with van der Waals surface area (Å²) in [6.07, 6.45) is 5.36. The summed E-state index contributed by atoms with van der Waals surface area (Å²) in [5.41, 5.74) is 1.01. The lowest BCUT2D eigenvalue weighted by Crippen LogP contribution is -2.42. The molecule has 0 aromatic carbocycles. The second-order valence-electron chi connectivity index (χ2n) is 5.53. The molecule has 2 amide bonds. The van der Waals surface area contributed by atoms with E-state index in [-0.39, 0.29) is 18.1 Å². The number of hydrogen-bond acceptors (Lipinski definition) is 4. The Balaban J connectivity index is 1.83. The van der Waals surface area contributed by atoms with Crippen molar-refractivity contribution in [2.24, 2.45) is 0 Å². The van der Waals surface area contributed by atoms with Gasteiger partial charge in [0.15, 0.2) is 0 Å². The van der Waals surface area contributed by atoms with Crippen molar-refractivity contribution in [1.29, 1.82) is 0 Å². The predicted molar refractivity (Wildman–Crippen MR) is 86.7 cm³/mol. The van der Waals surface area contributed by atoms with Gasteiger partial charge in [-0.25, -0.2) is 4.79 Å². The van der Waals surface area contributed by atoms with Crippen molar-refractivity contribution in [2.75, 3.05) is 0 Å². The molecule has 124 valence electrons. The van der Waals surface area contributed by atoms with Gasteiger partial charge in [-0.05, 0) is 43.2 Å². The van der Waals surface area contributed by atoms with Crippen LogP contribution in [0.25, 0.3) is 0 Å². The molecule has 6 nitrogen and oxygen atoms in total. The maximum absolute atomic E-state index is 12.1. The number of nitrogens with one attached hydrogen (secondary N) is 2. The molecule has 2 aromatic heterocycles. The molecule has 0 bridgehead atoms. The fourth-order valence-corrected chi connectivity index (χ4v) is 2.43. The topological polar surface area (TPSA) is 87.4 Å². The first kappa shape index (κ1) is 17.0. The molecule has 0 aliphatic carbocycles. The molecule has 0 aliphatic rings. The summed E-state index contributed by atoms with van der Waals surface area (Å²) in [7, 11) is 0. The second kappa shape index (κ2) is 8.33. The van der Waals surface area contributed by atoms with Gasteiger partial charge >= 0.3 is 6.03 Å². The van der Waals surface area contributed by atoms with Crippen LogP contribution in [-0.4, -0.2) is 22.2 Å². The molecule has 0 saturated carbocycles. The molecule has 0 fully saturated rings. The molecule has 2 rings (SSSR count). The number of aliphatic hydroxyl groups is 1. The smallest absolute Gasteiger partial charge is 0.315 e. The van der Waals surface area contributed by atoms with Crippen LogP contribution in [0.1, 0.15) is 50.2 Å². The van der Waals surface area contributed by atoms with E-state index >= 15 is 0 Å². The van der Waals surface area contributed by atoms with E-state index < -0.39 is 6.10 Å². The second-order valence-corrected chi connectivity index (χ2v) is 5.53. The van der Waals surface area contributed by atoms with Crippen molar-refractivity contribution < 1.29 is 14.3 Å². The first-order valence-corrected chi connectivity index (χ1v) is 7.78. The van der Waals surface area contributed by atoms with Crippen molar-refractivity contribution in [3.05, 3.63) is 54.2 Å². The van der Waals surface area contributed by atoms with Gasteiger partial charge in [-0.1, -0.05) is 6.92 Å². The summed E-state index contributed by atoms with van der Waals surface area (Å²) in [6, 6.07) is 6.70. The maximum atomic E-state index is 12.1. The van der Waals surface area contributed by atoms with Gasteiger partial charge < -0.3 is 20.2 Å². The molecule has 3 N–H and O–H groups in total. The van der Waals surface area contributed by atoms with Crippen molar-refractivity contribution in [2.45, 2.75) is 44.9 Å². The van der Waals surface area contributed by atoms with Crippen LogP contribution in [0.4, 0.5) is 4.79 Å². The number of amides is 2. The maximum Gasteiger partial charge on any atom is 0.315 e. The quantitative estimate of drug-likeness (QED) is 0.732.